The van der Waals surface area contributed by atoms with Gasteiger partial charge in [-0.25, -0.2) is 14.3 Å². The van der Waals surface area contributed by atoms with Crippen LogP contribution >= 0.6 is 0 Å². The van der Waals surface area contributed by atoms with E-state index < -0.39 is 17.6 Å². The third-order valence-electron chi connectivity index (χ3n) is 6.18. The number of aryl methyl sites for hydroxylation is 1. The first-order chi connectivity index (χ1) is 18.3. The minimum absolute atomic E-state index is 0.0527. The third-order valence-corrected chi connectivity index (χ3v) is 6.18. The smallest absolute Gasteiger partial charge is 0.408 e. The van der Waals surface area contributed by atoms with Crippen molar-refractivity contribution in [2.24, 2.45) is 7.05 Å². The SMILES string of the molecule is CCC(=O)c1ccc(CNC(=O)c2cc(C(=O)NCc3ccc4oc(=O)n(C)c4c3)nc3ccnn23)cc1. The molecule has 38 heavy (non-hydrogen) atoms. The summed E-state index contributed by atoms with van der Waals surface area (Å²) >= 11 is 0. The maximum absolute atomic E-state index is 13.0. The van der Waals surface area contributed by atoms with E-state index in [1.54, 1.807) is 62.5 Å². The van der Waals surface area contributed by atoms with Gasteiger partial charge in [-0.15, -0.1) is 0 Å². The van der Waals surface area contributed by atoms with Gasteiger partial charge in [-0.3, -0.25) is 19.0 Å². The fourth-order valence-corrected chi connectivity index (χ4v) is 4.03. The molecule has 5 rings (SSSR count). The number of Topliss-reactive ketones (excluding diaryl/α,β-unsaturated/α-hetero) is 1. The van der Waals surface area contributed by atoms with Gasteiger partial charge in [0.2, 0.25) is 0 Å². The molecule has 11 nitrogen and oxygen atoms in total. The first-order valence-corrected chi connectivity index (χ1v) is 12.0. The predicted molar refractivity (Wildman–Crippen MR) is 138 cm³/mol. The quantitative estimate of drug-likeness (QED) is 0.305. The van der Waals surface area contributed by atoms with E-state index in [2.05, 4.69) is 20.7 Å². The van der Waals surface area contributed by atoms with Gasteiger partial charge >= 0.3 is 5.76 Å². The number of rotatable bonds is 8. The molecule has 0 aliphatic carbocycles. The number of hydrogen-bond acceptors (Lipinski definition) is 7. The molecule has 0 spiro atoms. The zero-order valence-electron chi connectivity index (χ0n) is 20.7. The van der Waals surface area contributed by atoms with Gasteiger partial charge in [0, 0.05) is 44.3 Å². The molecule has 2 N–H and O–H groups in total. The number of carbonyl (C=O) groups excluding carboxylic acids is 3. The molecule has 3 heterocycles. The number of aromatic nitrogens is 4. The van der Waals surface area contributed by atoms with Crippen molar-refractivity contribution in [3.63, 3.8) is 0 Å². The van der Waals surface area contributed by atoms with Gasteiger partial charge in [-0.05, 0) is 23.3 Å². The van der Waals surface area contributed by atoms with Crippen LogP contribution in [0.25, 0.3) is 16.7 Å². The van der Waals surface area contributed by atoms with Crippen LogP contribution in [0.2, 0.25) is 0 Å². The van der Waals surface area contributed by atoms with E-state index in [0.717, 1.165) is 11.1 Å². The summed E-state index contributed by atoms with van der Waals surface area (Å²) in [6.45, 7) is 2.21. The summed E-state index contributed by atoms with van der Waals surface area (Å²) in [5.74, 6) is -1.32. The van der Waals surface area contributed by atoms with Crippen molar-refractivity contribution in [2.45, 2.75) is 26.4 Å². The molecule has 2 aromatic carbocycles. The number of hydrogen-bond donors (Lipinski definition) is 2. The van der Waals surface area contributed by atoms with Crippen LogP contribution in [0.5, 0.6) is 0 Å². The van der Waals surface area contributed by atoms with Gasteiger partial charge in [0.1, 0.15) is 11.4 Å². The van der Waals surface area contributed by atoms with Crippen LogP contribution in [0.3, 0.4) is 0 Å². The Hall–Kier alpha value is -5.06. The normalized spacial score (nSPS) is 11.1. The first kappa shape index (κ1) is 24.6. The highest BCUT2D eigenvalue weighted by molar-refractivity contribution is 5.98. The Labute approximate surface area is 216 Å². The van der Waals surface area contributed by atoms with Crippen molar-refractivity contribution in [1.29, 1.82) is 0 Å². The van der Waals surface area contributed by atoms with Crippen LogP contribution in [-0.4, -0.2) is 36.8 Å². The fraction of sp³-hybridized carbons (Fsp3) is 0.185. The van der Waals surface area contributed by atoms with E-state index in [1.165, 1.54) is 21.3 Å². The number of carbonyl (C=O) groups is 3. The summed E-state index contributed by atoms with van der Waals surface area (Å²) in [4.78, 5) is 53.9. The van der Waals surface area contributed by atoms with Crippen molar-refractivity contribution in [2.75, 3.05) is 0 Å². The number of amides is 2. The summed E-state index contributed by atoms with van der Waals surface area (Å²) < 4.78 is 7.89. The van der Waals surface area contributed by atoms with Gasteiger partial charge < -0.3 is 15.1 Å². The number of nitrogens with zero attached hydrogens (tertiary/aromatic N) is 4. The Bertz CT molecular complexity index is 1750. The number of nitrogens with one attached hydrogen (secondary N) is 2. The predicted octanol–water partition coefficient (Wildman–Crippen LogP) is 2.63. The monoisotopic (exact) mass is 512 g/mol. The average molecular weight is 513 g/mol. The molecule has 0 saturated carbocycles. The van der Waals surface area contributed by atoms with E-state index in [9.17, 15) is 19.2 Å². The molecule has 0 aliphatic heterocycles. The van der Waals surface area contributed by atoms with Gasteiger partial charge in [-0.1, -0.05) is 37.3 Å². The van der Waals surface area contributed by atoms with Gasteiger partial charge in [0.15, 0.2) is 17.0 Å². The highest BCUT2D eigenvalue weighted by Gasteiger charge is 2.18. The second-order valence-electron chi connectivity index (χ2n) is 8.70. The Kier molecular flexibility index (Phi) is 6.56. The van der Waals surface area contributed by atoms with Crippen molar-refractivity contribution in [3.05, 3.63) is 99.4 Å². The van der Waals surface area contributed by atoms with E-state index >= 15 is 0 Å². The zero-order valence-corrected chi connectivity index (χ0v) is 20.7. The Morgan fingerprint density at radius 2 is 1.63 bits per heavy atom. The second kappa shape index (κ2) is 10.1. The van der Waals surface area contributed by atoms with Crippen LogP contribution in [0, 0.1) is 0 Å². The molecule has 0 atom stereocenters. The molecular formula is C27H24N6O5. The fourth-order valence-electron chi connectivity index (χ4n) is 4.03. The average Bonchev–Trinajstić information content (AvgIpc) is 3.53. The van der Waals surface area contributed by atoms with Crippen LogP contribution in [0.4, 0.5) is 0 Å². The lowest BCUT2D eigenvalue weighted by atomic mass is 10.1. The summed E-state index contributed by atoms with van der Waals surface area (Å²) in [6.07, 6.45) is 1.92. The van der Waals surface area contributed by atoms with Crippen LogP contribution in [-0.2, 0) is 20.1 Å². The maximum Gasteiger partial charge on any atom is 0.419 e. The third kappa shape index (κ3) is 4.81. The zero-order chi connectivity index (χ0) is 26.8. The summed E-state index contributed by atoms with van der Waals surface area (Å²) in [7, 11) is 1.61. The van der Waals surface area contributed by atoms with E-state index in [1.807, 2.05) is 0 Å². The first-order valence-electron chi connectivity index (χ1n) is 12.0. The molecule has 0 fully saturated rings. The maximum atomic E-state index is 13.0. The standard InChI is InChI=1S/C27H24N6O5/c1-3-22(34)18-7-4-16(5-8-18)14-29-26(36)21-13-19(31-24-10-11-30-33(21)24)25(35)28-15-17-6-9-23-20(12-17)32(2)27(37)38-23/h4-13H,3,14-15H2,1-2H3,(H,28,35)(H,29,36). The van der Waals surface area contributed by atoms with Crippen LogP contribution < -0.4 is 16.4 Å². The van der Waals surface area contributed by atoms with E-state index in [4.69, 9.17) is 4.42 Å². The van der Waals surface area contributed by atoms with Crippen molar-refractivity contribution < 1.29 is 18.8 Å². The van der Waals surface area contributed by atoms with Gasteiger partial charge in [-0.2, -0.15) is 5.10 Å². The summed E-state index contributed by atoms with van der Waals surface area (Å²) in [5.41, 5.74) is 3.84. The van der Waals surface area contributed by atoms with Crippen LogP contribution in [0.1, 0.15) is 55.8 Å². The van der Waals surface area contributed by atoms with Gasteiger partial charge in [0.05, 0.1) is 11.7 Å². The number of oxazole rings is 1. The van der Waals surface area contributed by atoms with Crippen molar-refractivity contribution in [3.8, 4) is 0 Å². The molecular weight excluding hydrogens is 488 g/mol. The molecule has 0 radical (unpaired) electrons. The molecule has 2 amide bonds. The second-order valence-corrected chi connectivity index (χ2v) is 8.70. The van der Waals surface area contributed by atoms with Crippen molar-refractivity contribution in [1.82, 2.24) is 29.8 Å². The molecule has 11 heteroatoms. The topological polar surface area (TPSA) is 141 Å². The lowest BCUT2D eigenvalue weighted by Crippen LogP contribution is -2.28. The molecule has 3 aromatic heterocycles. The molecule has 5 aromatic rings. The van der Waals surface area contributed by atoms with Crippen molar-refractivity contribution >= 4 is 34.3 Å². The Morgan fingerprint density at radius 3 is 2.39 bits per heavy atom. The summed E-state index contributed by atoms with van der Waals surface area (Å²) in [5, 5.41) is 9.78. The van der Waals surface area contributed by atoms with Crippen LogP contribution in [0.15, 0.2) is 70.0 Å². The van der Waals surface area contributed by atoms with E-state index in [-0.39, 0.29) is 30.3 Å². The lowest BCUT2D eigenvalue weighted by molar-refractivity contribution is 0.0940. The molecule has 0 unspecified atom stereocenters. The number of fused-ring (bicyclic) bond motifs is 2. The largest absolute Gasteiger partial charge is 0.419 e. The molecule has 192 valence electrons. The molecule has 0 saturated heterocycles. The minimum Gasteiger partial charge on any atom is -0.408 e. The molecule has 0 aliphatic rings. The van der Waals surface area contributed by atoms with Gasteiger partial charge in [0.25, 0.3) is 11.8 Å². The minimum atomic E-state index is -0.472. The lowest BCUT2D eigenvalue weighted by Gasteiger charge is -2.10. The number of benzene rings is 2. The molecule has 0 bridgehead atoms. The number of ketones is 1. The highest BCUT2D eigenvalue weighted by atomic mass is 16.4. The Balaban J connectivity index is 1.30. The summed E-state index contributed by atoms with van der Waals surface area (Å²) in [6, 6.07) is 15.2. The van der Waals surface area contributed by atoms with E-state index in [0.29, 0.717) is 28.7 Å². The highest BCUT2D eigenvalue weighted by Crippen LogP contribution is 2.15. The Morgan fingerprint density at radius 1 is 0.921 bits per heavy atom.